The summed E-state index contributed by atoms with van der Waals surface area (Å²) in [5.41, 5.74) is 0.503. The Balaban J connectivity index is 1.40. The number of thiophene rings is 1. The van der Waals surface area contributed by atoms with Crippen molar-refractivity contribution in [2.24, 2.45) is 11.8 Å². The first-order chi connectivity index (χ1) is 12.2. The summed E-state index contributed by atoms with van der Waals surface area (Å²) in [6, 6.07) is 3.77. The Morgan fingerprint density at radius 1 is 1.36 bits per heavy atom. The van der Waals surface area contributed by atoms with E-state index in [9.17, 15) is 9.59 Å². The van der Waals surface area contributed by atoms with Crippen molar-refractivity contribution in [2.75, 3.05) is 31.5 Å². The lowest BCUT2D eigenvalue weighted by Crippen LogP contribution is -2.44. The van der Waals surface area contributed by atoms with Crippen LogP contribution in [0.15, 0.2) is 11.4 Å². The van der Waals surface area contributed by atoms with E-state index in [2.05, 4.69) is 21.6 Å². The maximum atomic E-state index is 12.2. The Morgan fingerprint density at radius 2 is 2.20 bits per heavy atom. The van der Waals surface area contributed by atoms with Crippen LogP contribution in [0, 0.1) is 23.2 Å². The Kier molecular flexibility index (Phi) is 6.05. The van der Waals surface area contributed by atoms with Gasteiger partial charge in [-0.3, -0.25) is 9.59 Å². The summed E-state index contributed by atoms with van der Waals surface area (Å²) >= 11 is 1.36. The van der Waals surface area contributed by atoms with Crippen molar-refractivity contribution in [1.82, 2.24) is 10.2 Å². The SMILES string of the molecule is N#Cc1ccsc1NC(=O)CCN1CCCC(C(=O)NCC2CC2)C1. The van der Waals surface area contributed by atoms with Gasteiger partial charge >= 0.3 is 0 Å². The lowest BCUT2D eigenvalue weighted by atomic mass is 9.97. The highest BCUT2D eigenvalue weighted by molar-refractivity contribution is 7.14. The lowest BCUT2D eigenvalue weighted by molar-refractivity contribution is -0.126. The van der Waals surface area contributed by atoms with Crippen molar-refractivity contribution in [1.29, 1.82) is 5.26 Å². The number of nitrogens with zero attached hydrogens (tertiary/aromatic N) is 2. The fourth-order valence-corrected chi connectivity index (χ4v) is 3.88. The Morgan fingerprint density at radius 3 is 2.96 bits per heavy atom. The van der Waals surface area contributed by atoms with Crippen LogP contribution in [0.25, 0.3) is 0 Å². The lowest BCUT2D eigenvalue weighted by Gasteiger charge is -2.31. The molecule has 2 aliphatic rings. The zero-order valence-corrected chi connectivity index (χ0v) is 15.1. The van der Waals surface area contributed by atoms with Crippen molar-refractivity contribution in [3.8, 4) is 6.07 Å². The highest BCUT2D eigenvalue weighted by Crippen LogP contribution is 2.28. The molecular weight excluding hydrogens is 336 g/mol. The molecule has 1 unspecified atom stereocenters. The standard InChI is InChI=1S/C18H24N4O2S/c19-10-14-6-9-25-18(14)21-16(23)5-8-22-7-1-2-15(12-22)17(24)20-11-13-3-4-13/h6,9,13,15H,1-5,7-8,11-12H2,(H,20,24)(H,21,23). The molecule has 1 saturated carbocycles. The molecule has 2 heterocycles. The Hall–Kier alpha value is -1.91. The van der Waals surface area contributed by atoms with E-state index in [-0.39, 0.29) is 17.7 Å². The minimum atomic E-state index is -0.0840. The number of hydrogen-bond donors (Lipinski definition) is 2. The second-order valence-electron chi connectivity index (χ2n) is 6.90. The normalized spacial score (nSPS) is 20.7. The number of anilines is 1. The van der Waals surface area contributed by atoms with Crippen molar-refractivity contribution in [3.63, 3.8) is 0 Å². The fourth-order valence-electron chi connectivity index (χ4n) is 3.13. The van der Waals surface area contributed by atoms with Gasteiger partial charge in [0.05, 0.1) is 11.5 Å². The minimum Gasteiger partial charge on any atom is -0.356 e. The fraction of sp³-hybridized carbons (Fsp3) is 0.611. The number of carbonyl (C=O) groups is 2. The number of carbonyl (C=O) groups excluding carboxylic acids is 2. The molecule has 1 aliphatic heterocycles. The summed E-state index contributed by atoms with van der Waals surface area (Å²) < 4.78 is 0. The van der Waals surface area contributed by atoms with E-state index in [1.807, 2.05) is 0 Å². The highest BCUT2D eigenvalue weighted by atomic mass is 32.1. The molecule has 0 bridgehead atoms. The van der Waals surface area contributed by atoms with Gasteiger partial charge in [0.2, 0.25) is 11.8 Å². The molecule has 1 aliphatic carbocycles. The Bertz CT molecular complexity index is 662. The average Bonchev–Trinajstić information content (AvgIpc) is 3.36. The van der Waals surface area contributed by atoms with E-state index in [0.717, 1.165) is 32.5 Å². The third-order valence-corrected chi connectivity index (χ3v) is 5.66. The summed E-state index contributed by atoms with van der Waals surface area (Å²) in [6.45, 7) is 3.12. The van der Waals surface area contributed by atoms with E-state index in [1.165, 1.54) is 24.2 Å². The van der Waals surface area contributed by atoms with Gasteiger partial charge in [-0.25, -0.2) is 0 Å². The molecule has 0 aromatic carbocycles. The number of piperidine rings is 1. The molecular formula is C18H24N4O2S. The first kappa shape index (κ1) is 17.9. The number of rotatable bonds is 7. The van der Waals surface area contributed by atoms with Gasteiger partial charge in [-0.05, 0) is 49.6 Å². The van der Waals surface area contributed by atoms with Crippen molar-refractivity contribution >= 4 is 28.2 Å². The van der Waals surface area contributed by atoms with E-state index in [0.29, 0.717) is 29.4 Å². The summed E-state index contributed by atoms with van der Waals surface area (Å²) in [5.74, 6) is 0.818. The molecule has 1 saturated heterocycles. The largest absolute Gasteiger partial charge is 0.356 e. The molecule has 1 aromatic heterocycles. The van der Waals surface area contributed by atoms with Gasteiger partial charge in [0.1, 0.15) is 11.1 Å². The van der Waals surface area contributed by atoms with E-state index >= 15 is 0 Å². The zero-order valence-electron chi connectivity index (χ0n) is 14.3. The molecule has 6 nitrogen and oxygen atoms in total. The maximum Gasteiger partial charge on any atom is 0.226 e. The number of amides is 2. The summed E-state index contributed by atoms with van der Waals surface area (Å²) in [7, 11) is 0. The molecule has 1 atom stereocenters. The number of nitrogens with one attached hydrogen (secondary N) is 2. The first-order valence-electron chi connectivity index (χ1n) is 8.93. The van der Waals surface area contributed by atoms with Crippen molar-refractivity contribution < 1.29 is 9.59 Å². The molecule has 1 aromatic rings. The van der Waals surface area contributed by atoms with Gasteiger partial charge in [-0.1, -0.05) is 0 Å². The topological polar surface area (TPSA) is 85.2 Å². The van der Waals surface area contributed by atoms with Crippen LogP contribution in [0.2, 0.25) is 0 Å². The van der Waals surface area contributed by atoms with Crippen LogP contribution >= 0.6 is 11.3 Å². The van der Waals surface area contributed by atoms with Crippen LogP contribution in [-0.2, 0) is 9.59 Å². The third kappa shape index (κ3) is 5.28. The molecule has 25 heavy (non-hydrogen) atoms. The van der Waals surface area contributed by atoms with Gasteiger partial charge in [-0.2, -0.15) is 5.26 Å². The van der Waals surface area contributed by atoms with Crippen molar-refractivity contribution in [2.45, 2.75) is 32.1 Å². The second kappa shape index (κ2) is 8.45. The predicted octanol–water partition coefficient (Wildman–Crippen LogP) is 2.19. The van der Waals surface area contributed by atoms with Gasteiger partial charge in [0, 0.05) is 26.1 Å². The van der Waals surface area contributed by atoms with Gasteiger partial charge in [-0.15, -0.1) is 11.3 Å². The highest BCUT2D eigenvalue weighted by Gasteiger charge is 2.28. The van der Waals surface area contributed by atoms with Crippen LogP contribution < -0.4 is 10.6 Å². The summed E-state index contributed by atoms with van der Waals surface area (Å²) in [4.78, 5) is 26.5. The summed E-state index contributed by atoms with van der Waals surface area (Å²) in [5, 5.41) is 17.3. The van der Waals surface area contributed by atoms with E-state index < -0.39 is 0 Å². The first-order valence-corrected chi connectivity index (χ1v) is 9.81. The smallest absolute Gasteiger partial charge is 0.226 e. The average molecular weight is 360 g/mol. The molecule has 0 spiro atoms. The number of nitriles is 1. The van der Waals surface area contributed by atoms with Gasteiger partial charge < -0.3 is 15.5 Å². The van der Waals surface area contributed by atoms with Crippen LogP contribution in [-0.4, -0.2) is 42.9 Å². The van der Waals surface area contributed by atoms with Crippen LogP contribution in [0.5, 0.6) is 0 Å². The maximum absolute atomic E-state index is 12.2. The van der Waals surface area contributed by atoms with Crippen LogP contribution in [0.1, 0.15) is 37.7 Å². The number of hydrogen-bond acceptors (Lipinski definition) is 5. The van der Waals surface area contributed by atoms with Crippen molar-refractivity contribution in [3.05, 3.63) is 17.0 Å². The monoisotopic (exact) mass is 360 g/mol. The van der Waals surface area contributed by atoms with E-state index in [1.54, 1.807) is 11.4 Å². The second-order valence-corrected chi connectivity index (χ2v) is 7.82. The molecule has 7 heteroatoms. The van der Waals surface area contributed by atoms with Gasteiger partial charge in [0.25, 0.3) is 0 Å². The Labute approximate surface area is 152 Å². The molecule has 2 amide bonds. The zero-order chi connectivity index (χ0) is 17.6. The van der Waals surface area contributed by atoms with Gasteiger partial charge in [0.15, 0.2) is 0 Å². The predicted molar refractivity (Wildman–Crippen MR) is 97.2 cm³/mol. The molecule has 0 radical (unpaired) electrons. The third-order valence-electron chi connectivity index (χ3n) is 4.83. The molecule has 2 fully saturated rings. The van der Waals surface area contributed by atoms with Crippen LogP contribution in [0.4, 0.5) is 5.00 Å². The quantitative estimate of drug-likeness (QED) is 0.780. The summed E-state index contributed by atoms with van der Waals surface area (Å²) in [6.07, 6.45) is 4.78. The minimum absolute atomic E-state index is 0.0399. The molecule has 134 valence electrons. The van der Waals surface area contributed by atoms with Crippen LogP contribution in [0.3, 0.4) is 0 Å². The molecule has 3 rings (SSSR count). The van der Waals surface area contributed by atoms with E-state index in [4.69, 9.17) is 5.26 Å². The number of likely N-dealkylation sites (tertiary alicyclic amines) is 1. The molecule has 2 N–H and O–H groups in total.